The first-order valence-electron chi connectivity index (χ1n) is 7.72. The summed E-state index contributed by atoms with van der Waals surface area (Å²) in [5, 5.41) is 2.61. The average molecular weight is 445 g/mol. The first-order valence-corrected chi connectivity index (χ1v) is 10.8. The van der Waals surface area contributed by atoms with Gasteiger partial charge in [0.15, 0.2) is 0 Å². The van der Waals surface area contributed by atoms with Crippen LogP contribution in [-0.4, -0.2) is 30.2 Å². The number of hydrogen-bond donors (Lipinski definition) is 0. The fourth-order valence-corrected chi connectivity index (χ4v) is 5.09. The second kappa shape index (κ2) is 7.53. The normalized spacial score (nSPS) is 17.6. The fraction of sp³-hybridized carbons (Fsp3) is 0.375. The van der Waals surface area contributed by atoms with Gasteiger partial charge in [-0.25, -0.2) is 17.7 Å². The van der Waals surface area contributed by atoms with Crippen molar-refractivity contribution in [3.63, 3.8) is 0 Å². The summed E-state index contributed by atoms with van der Waals surface area (Å²) >= 11 is 4.70. The van der Waals surface area contributed by atoms with E-state index in [9.17, 15) is 13.2 Å². The van der Waals surface area contributed by atoms with Crippen LogP contribution in [0.4, 0.5) is 0 Å². The van der Waals surface area contributed by atoms with Crippen molar-refractivity contribution < 1.29 is 17.9 Å². The second-order valence-corrected chi connectivity index (χ2v) is 9.33. The van der Waals surface area contributed by atoms with E-state index in [0.717, 1.165) is 33.2 Å². The first kappa shape index (κ1) is 18.5. The second-order valence-electron chi connectivity index (χ2n) is 5.66. The molecule has 1 atom stereocenters. The number of benzene rings is 1. The molecule has 1 aromatic heterocycles. The highest BCUT2D eigenvalue weighted by Gasteiger charge is 2.28. The molecule has 1 saturated heterocycles. The molecule has 1 aromatic carbocycles. The van der Waals surface area contributed by atoms with Gasteiger partial charge in [-0.3, -0.25) is 4.79 Å². The van der Waals surface area contributed by atoms with E-state index in [2.05, 4.69) is 20.9 Å². The number of nitrogens with zero attached hydrogens (tertiary/aromatic N) is 2. The molecule has 3 rings (SSSR count). The van der Waals surface area contributed by atoms with Gasteiger partial charge in [0, 0.05) is 23.4 Å². The Hall–Kier alpha value is -1.29. The zero-order valence-electron chi connectivity index (χ0n) is 13.5. The van der Waals surface area contributed by atoms with Crippen LogP contribution < -0.4 is 0 Å². The Bertz CT molecular complexity index is 859. The maximum absolute atomic E-state index is 12.8. The van der Waals surface area contributed by atoms with E-state index in [-0.39, 0.29) is 17.5 Å². The Morgan fingerprint density at radius 3 is 2.72 bits per heavy atom. The molecule has 0 radical (unpaired) electrons. The Morgan fingerprint density at radius 2 is 2.12 bits per heavy atom. The minimum Gasteiger partial charge on any atom is -0.371 e. The number of ether oxygens (including phenoxy) is 1. The minimum atomic E-state index is -3.93. The van der Waals surface area contributed by atoms with Crippen LogP contribution in [0.2, 0.25) is 0 Å². The van der Waals surface area contributed by atoms with Crippen molar-refractivity contribution in [3.8, 4) is 0 Å². The van der Waals surface area contributed by atoms with Gasteiger partial charge >= 0.3 is 0 Å². The third-order valence-corrected chi connectivity index (χ3v) is 7.18. The molecular formula is C16H17BrN2O4S2. The van der Waals surface area contributed by atoms with Crippen LogP contribution in [0.3, 0.4) is 0 Å². The van der Waals surface area contributed by atoms with E-state index in [1.165, 1.54) is 30.4 Å². The molecule has 6 nitrogen and oxygen atoms in total. The molecule has 9 heteroatoms. The van der Waals surface area contributed by atoms with Crippen LogP contribution >= 0.6 is 27.3 Å². The Kier molecular flexibility index (Phi) is 5.57. The van der Waals surface area contributed by atoms with Crippen molar-refractivity contribution in [2.24, 2.45) is 0 Å². The number of thiazole rings is 1. The number of carbonyl (C=O) groups excluding carboxylic acids is 1. The Labute approximate surface area is 159 Å². The summed E-state index contributed by atoms with van der Waals surface area (Å²) in [6.07, 6.45) is 1.89. The van der Waals surface area contributed by atoms with Gasteiger partial charge in [0.2, 0.25) is 5.91 Å². The van der Waals surface area contributed by atoms with Gasteiger partial charge in [0.05, 0.1) is 17.1 Å². The highest BCUT2D eigenvalue weighted by molar-refractivity contribution is 9.10. The summed E-state index contributed by atoms with van der Waals surface area (Å²) in [4.78, 5) is 16.5. The monoisotopic (exact) mass is 444 g/mol. The lowest BCUT2D eigenvalue weighted by atomic mass is 10.2. The van der Waals surface area contributed by atoms with E-state index >= 15 is 0 Å². The predicted molar refractivity (Wildman–Crippen MR) is 97.6 cm³/mol. The fourth-order valence-electron chi connectivity index (χ4n) is 2.56. The standard InChI is InChI=1S/C16H17BrN2O4S2/c1-11(20)19(25(21,22)14-6-4-12(17)5-7-14)9-13-10-24-16(18-13)15-3-2-8-23-15/h4-7,10,15H,2-3,8-9H2,1H3/t15-/m0/s1. The zero-order valence-corrected chi connectivity index (χ0v) is 16.7. The average Bonchev–Trinajstić information content (AvgIpc) is 3.24. The molecule has 1 aliphatic heterocycles. The summed E-state index contributed by atoms with van der Waals surface area (Å²) in [6.45, 7) is 1.87. The van der Waals surface area contributed by atoms with E-state index in [0.29, 0.717) is 5.69 Å². The molecule has 134 valence electrons. The molecule has 0 aliphatic carbocycles. The van der Waals surface area contributed by atoms with Crippen LogP contribution in [0, 0.1) is 0 Å². The van der Waals surface area contributed by atoms with Crippen molar-refractivity contribution in [2.75, 3.05) is 6.61 Å². The molecule has 25 heavy (non-hydrogen) atoms. The van der Waals surface area contributed by atoms with E-state index in [1.54, 1.807) is 17.5 Å². The number of halogens is 1. The minimum absolute atomic E-state index is 0.0207. The maximum Gasteiger partial charge on any atom is 0.266 e. The first-order chi connectivity index (χ1) is 11.9. The van der Waals surface area contributed by atoms with Gasteiger partial charge in [-0.15, -0.1) is 11.3 Å². The Balaban J connectivity index is 1.84. The quantitative estimate of drug-likeness (QED) is 0.704. The van der Waals surface area contributed by atoms with Gasteiger partial charge in [-0.2, -0.15) is 0 Å². The topological polar surface area (TPSA) is 76.6 Å². The van der Waals surface area contributed by atoms with Gasteiger partial charge in [0.25, 0.3) is 10.0 Å². The van der Waals surface area contributed by atoms with Crippen LogP contribution in [0.1, 0.15) is 36.6 Å². The van der Waals surface area contributed by atoms with Gasteiger partial charge < -0.3 is 4.74 Å². The van der Waals surface area contributed by atoms with Crippen molar-refractivity contribution in [2.45, 2.75) is 37.3 Å². The van der Waals surface area contributed by atoms with E-state index < -0.39 is 15.9 Å². The van der Waals surface area contributed by atoms with Crippen LogP contribution in [0.25, 0.3) is 0 Å². The van der Waals surface area contributed by atoms with Gasteiger partial charge in [-0.05, 0) is 37.1 Å². The number of amides is 1. The molecule has 1 aliphatic rings. The van der Waals surface area contributed by atoms with Crippen molar-refractivity contribution >= 4 is 43.2 Å². The number of rotatable bonds is 5. The highest BCUT2D eigenvalue weighted by Crippen LogP contribution is 2.31. The highest BCUT2D eigenvalue weighted by atomic mass is 79.9. The molecule has 0 N–H and O–H groups in total. The van der Waals surface area contributed by atoms with Gasteiger partial charge in [0.1, 0.15) is 11.1 Å². The summed E-state index contributed by atoms with van der Waals surface area (Å²) < 4.78 is 32.8. The molecular weight excluding hydrogens is 428 g/mol. The molecule has 1 fully saturated rings. The third-order valence-electron chi connectivity index (χ3n) is 3.83. The molecule has 0 bridgehead atoms. The van der Waals surface area contributed by atoms with Crippen LogP contribution in [0.5, 0.6) is 0 Å². The summed E-state index contributed by atoms with van der Waals surface area (Å²) in [7, 11) is -3.93. The summed E-state index contributed by atoms with van der Waals surface area (Å²) in [5.74, 6) is -0.547. The molecule has 2 aromatic rings. The number of sulfonamides is 1. The molecule has 0 spiro atoms. The molecule has 0 unspecified atom stereocenters. The molecule has 0 saturated carbocycles. The van der Waals surface area contributed by atoms with Crippen LogP contribution in [0.15, 0.2) is 39.0 Å². The number of carbonyl (C=O) groups is 1. The van der Waals surface area contributed by atoms with Crippen molar-refractivity contribution in [1.29, 1.82) is 0 Å². The molecule has 1 amide bonds. The van der Waals surface area contributed by atoms with Gasteiger partial charge in [-0.1, -0.05) is 15.9 Å². The van der Waals surface area contributed by atoms with Crippen molar-refractivity contribution in [3.05, 3.63) is 44.8 Å². The lowest BCUT2D eigenvalue weighted by Gasteiger charge is -2.20. The largest absolute Gasteiger partial charge is 0.371 e. The smallest absolute Gasteiger partial charge is 0.266 e. The van der Waals surface area contributed by atoms with E-state index in [4.69, 9.17) is 4.74 Å². The summed E-state index contributed by atoms with van der Waals surface area (Å²) in [6, 6.07) is 6.19. The predicted octanol–water partition coefficient (Wildman–Crippen LogP) is 3.49. The number of aromatic nitrogens is 1. The Morgan fingerprint density at radius 1 is 1.40 bits per heavy atom. The lowest BCUT2D eigenvalue weighted by Crippen LogP contribution is -2.34. The van der Waals surface area contributed by atoms with Crippen LogP contribution in [-0.2, 0) is 26.1 Å². The summed E-state index contributed by atoms with van der Waals surface area (Å²) in [5.41, 5.74) is 0.548. The number of hydrogen-bond acceptors (Lipinski definition) is 6. The zero-order chi connectivity index (χ0) is 18.0. The third kappa shape index (κ3) is 4.11. The SMILES string of the molecule is CC(=O)N(Cc1csc([C@@H]2CCCO2)n1)S(=O)(=O)c1ccc(Br)cc1. The molecule has 2 heterocycles. The van der Waals surface area contributed by atoms with E-state index in [1.807, 2.05) is 0 Å². The van der Waals surface area contributed by atoms with Crippen molar-refractivity contribution in [1.82, 2.24) is 9.29 Å². The maximum atomic E-state index is 12.8. The lowest BCUT2D eigenvalue weighted by molar-refractivity contribution is -0.124.